The van der Waals surface area contributed by atoms with Gasteiger partial charge >= 0.3 is 0 Å². The highest BCUT2D eigenvalue weighted by molar-refractivity contribution is 5.18. The molecule has 0 radical (unpaired) electrons. The maximum absolute atomic E-state index is 12.8. The van der Waals surface area contributed by atoms with Gasteiger partial charge in [-0.2, -0.15) is 0 Å². The van der Waals surface area contributed by atoms with Crippen LogP contribution in [0.1, 0.15) is 57.6 Å². The average molecular weight is 238 g/mol. The molecule has 0 aromatic heterocycles. The summed E-state index contributed by atoms with van der Waals surface area (Å²) in [7, 11) is 0. The first kappa shape index (κ1) is 14.2. The molecule has 0 spiro atoms. The van der Waals surface area contributed by atoms with Crippen LogP contribution >= 0.6 is 0 Å². The second-order valence-electron chi connectivity index (χ2n) is 4.82. The third kappa shape index (κ3) is 4.86. The van der Waals surface area contributed by atoms with Crippen LogP contribution < -0.4 is 0 Å². The van der Waals surface area contributed by atoms with Crippen molar-refractivity contribution < 1.29 is 9.50 Å². The zero-order valence-corrected chi connectivity index (χ0v) is 10.8. The van der Waals surface area contributed by atoms with Gasteiger partial charge in [0, 0.05) is 0 Å². The van der Waals surface area contributed by atoms with E-state index in [-0.39, 0.29) is 11.7 Å². The van der Waals surface area contributed by atoms with Crippen LogP contribution in [-0.4, -0.2) is 5.11 Å². The highest BCUT2D eigenvalue weighted by Crippen LogP contribution is 2.26. The number of aliphatic hydroxyl groups excluding tert-OH is 1. The molecule has 0 aliphatic rings. The maximum atomic E-state index is 12.8. The van der Waals surface area contributed by atoms with Crippen molar-refractivity contribution in [1.29, 1.82) is 0 Å². The molecule has 2 atom stereocenters. The SMILES string of the molecule is CCCCCCC(C)C(O)c1ccc(F)cc1. The van der Waals surface area contributed by atoms with E-state index in [0.717, 1.165) is 18.4 Å². The highest BCUT2D eigenvalue weighted by atomic mass is 19.1. The smallest absolute Gasteiger partial charge is 0.123 e. The number of benzene rings is 1. The Bertz CT molecular complexity index is 307. The summed E-state index contributed by atoms with van der Waals surface area (Å²) < 4.78 is 12.8. The molecule has 0 saturated heterocycles. The fourth-order valence-corrected chi connectivity index (χ4v) is 2.04. The quantitative estimate of drug-likeness (QED) is 0.695. The molecular formula is C15H23FO. The lowest BCUT2D eigenvalue weighted by Gasteiger charge is -2.19. The minimum Gasteiger partial charge on any atom is -0.388 e. The summed E-state index contributed by atoms with van der Waals surface area (Å²) in [5, 5.41) is 10.1. The summed E-state index contributed by atoms with van der Waals surface area (Å²) in [6.07, 6.45) is 5.44. The molecule has 0 fully saturated rings. The van der Waals surface area contributed by atoms with E-state index >= 15 is 0 Å². The normalized spacial score (nSPS) is 14.6. The Labute approximate surface area is 104 Å². The molecular weight excluding hydrogens is 215 g/mol. The van der Waals surface area contributed by atoms with E-state index in [0.29, 0.717) is 0 Å². The van der Waals surface area contributed by atoms with Crippen LogP contribution in [-0.2, 0) is 0 Å². The van der Waals surface area contributed by atoms with Crippen molar-refractivity contribution in [1.82, 2.24) is 0 Å². The standard InChI is InChI=1S/C15H23FO/c1-3-4-5-6-7-12(2)15(17)13-8-10-14(16)11-9-13/h8-12,15,17H,3-7H2,1-2H3. The molecule has 0 aliphatic carbocycles. The minimum absolute atomic E-state index is 0.234. The van der Waals surface area contributed by atoms with E-state index < -0.39 is 6.10 Å². The Hall–Kier alpha value is -0.890. The predicted molar refractivity (Wildman–Crippen MR) is 69.3 cm³/mol. The average Bonchev–Trinajstić information content (AvgIpc) is 2.34. The van der Waals surface area contributed by atoms with E-state index in [1.54, 1.807) is 12.1 Å². The van der Waals surface area contributed by atoms with Gasteiger partial charge in [0.2, 0.25) is 0 Å². The molecule has 1 nitrogen and oxygen atoms in total. The molecule has 1 aromatic rings. The second-order valence-corrected chi connectivity index (χ2v) is 4.82. The number of aliphatic hydroxyl groups is 1. The molecule has 0 aliphatic heterocycles. The summed E-state index contributed by atoms with van der Waals surface area (Å²) >= 11 is 0. The van der Waals surface area contributed by atoms with E-state index in [9.17, 15) is 9.50 Å². The Morgan fingerprint density at radius 2 is 1.76 bits per heavy atom. The Kier molecular flexibility index (Phi) is 6.20. The molecule has 0 heterocycles. The van der Waals surface area contributed by atoms with E-state index in [1.165, 1.54) is 31.4 Å². The fraction of sp³-hybridized carbons (Fsp3) is 0.600. The number of hydrogen-bond donors (Lipinski definition) is 1. The summed E-state index contributed by atoms with van der Waals surface area (Å²) in [4.78, 5) is 0. The zero-order valence-electron chi connectivity index (χ0n) is 10.8. The molecule has 1 N–H and O–H groups in total. The molecule has 0 saturated carbocycles. The molecule has 0 bridgehead atoms. The predicted octanol–water partition coefficient (Wildman–Crippen LogP) is 4.47. The molecule has 2 unspecified atom stereocenters. The molecule has 2 heteroatoms. The first-order valence-corrected chi connectivity index (χ1v) is 6.58. The van der Waals surface area contributed by atoms with Gasteiger partial charge in [-0.05, 0) is 30.0 Å². The zero-order chi connectivity index (χ0) is 12.7. The van der Waals surface area contributed by atoms with Crippen LogP contribution in [0.3, 0.4) is 0 Å². The molecule has 96 valence electrons. The largest absolute Gasteiger partial charge is 0.388 e. The van der Waals surface area contributed by atoms with Crippen molar-refractivity contribution in [2.75, 3.05) is 0 Å². The molecule has 1 aromatic carbocycles. The first-order chi connectivity index (χ1) is 8.15. The van der Waals surface area contributed by atoms with E-state index in [2.05, 4.69) is 13.8 Å². The van der Waals surface area contributed by atoms with Gasteiger partial charge in [-0.3, -0.25) is 0 Å². The van der Waals surface area contributed by atoms with Crippen LogP contribution in [0.15, 0.2) is 24.3 Å². The number of rotatable bonds is 7. The number of unbranched alkanes of at least 4 members (excludes halogenated alkanes) is 3. The minimum atomic E-state index is -0.475. The molecule has 1 rings (SSSR count). The van der Waals surface area contributed by atoms with Crippen molar-refractivity contribution in [2.45, 2.75) is 52.1 Å². The third-order valence-electron chi connectivity index (χ3n) is 3.26. The van der Waals surface area contributed by atoms with Gasteiger partial charge in [0.25, 0.3) is 0 Å². The third-order valence-corrected chi connectivity index (χ3v) is 3.26. The van der Waals surface area contributed by atoms with Gasteiger partial charge < -0.3 is 5.11 Å². The Morgan fingerprint density at radius 1 is 1.12 bits per heavy atom. The van der Waals surface area contributed by atoms with E-state index in [1.807, 2.05) is 0 Å². The van der Waals surface area contributed by atoms with Crippen molar-refractivity contribution in [3.8, 4) is 0 Å². The van der Waals surface area contributed by atoms with E-state index in [4.69, 9.17) is 0 Å². The second kappa shape index (κ2) is 7.44. The summed E-state index contributed by atoms with van der Waals surface area (Å²) in [5.41, 5.74) is 0.814. The topological polar surface area (TPSA) is 20.2 Å². The first-order valence-electron chi connectivity index (χ1n) is 6.58. The molecule has 0 amide bonds. The maximum Gasteiger partial charge on any atom is 0.123 e. The molecule has 17 heavy (non-hydrogen) atoms. The van der Waals surface area contributed by atoms with Crippen molar-refractivity contribution >= 4 is 0 Å². The van der Waals surface area contributed by atoms with Gasteiger partial charge in [-0.15, -0.1) is 0 Å². The van der Waals surface area contributed by atoms with Crippen LogP contribution in [0.25, 0.3) is 0 Å². The highest BCUT2D eigenvalue weighted by Gasteiger charge is 2.15. The lowest BCUT2D eigenvalue weighted by molar-refractivity contribution is 0.111. The van der Waals surface area contributed by atoms with Gasteiger partial charge in [0.15, 0.2) is 0 Å². The monoisotopic (exact) mass is 238 g/mol. The Morgan fingerprint density at radius 3 is 2.35 bits per heavy atom. The van der Waals surface area contributed by atoms with Gasteiger partial charge in [-0.25, -0.2) is 4.39 Å². The number of hydrogen-bond acceptors (Lipinski definition) is 1. The Balaban J connectivity index is 2.40. The number of halogens is 1. The van der Waals surface area contributed by atoms with Crippen LogP contribution in [0.5, 0.6) is 0 Å². The van der Waals surface area contributed by atoms with Gasteiger partial charge in [0.1, 0.15) is 5.82 Å². The van der Waals surface area contributed by atoms with Crippen LogP contribution in [0.4, 0.5) is 4.39 Å². The van der Waals surface area contributed by atoms with Gasteiger partial charge in [0.05, 0.1) is 6.10 Å². The lowest BCUT2D eigenvalue weighted by atomic mass is 9.92. The van der Waals surface area contributed by atoms with Crippen molar-refractivity contribution in [2.24, 2.45) is 5.92 Å². The van der Waals surface area contributed by atoms with Crippen molar-refractivity contribution in [3.63, 3.8) is 0 Å². The fourth-order valence-electron chi connectivity index (χ4n) is 2.04. The lowest BCUT2D eigenvalue weighted by Crippen LogP contribution is -2.09. The van der Waals surface area contributed by atoms with Gasteiger partial charge in [-0.1, -0.05) is 51.7 Å². The van der Waals surface area contributed by atoms with Crippen LogP contribution in [0.2, 0.25) is 0 Å². The summed E-state index contributed by atoms with van der Waals surface area (Å²) in [6, 6.07) is 6.15. The summed E-state index contributed by atoms with van der Waals surface area (Å²) in [6.45, 7) is 4.25. The van der Waals surface area contributed by atoms with Crippen LogP contribution in [0, 0.1) is 11.7 Å². The summed E-state index contributed by atoms with van der Waals surface area (Å²) in [5.74, 6) is -0.0196. The van der Waals surface area contributed by atoms with Crippen molar-refractivity contribution in [3.05, 3.63) is 35.6 Å².